The van der Waals surface area contributed by atoms with Gasteiger partial charge in [0.2, 0.25) is 0 Å². The number of carbonyl (C=O) groups is 1. The number of ether oxygens (including phenoxy) is 1. The summed E-state index contributed by atoms with van der Waals surface area (Å²) in [6, 6.07) is 7.28. The van der Waals surface area contributed by atoms with Crippen molar-refractivity contribution in [3.8, 4) is 5.69 Å². The summed E-state index contributed by atoms with van der Waals surface area (Å²) < 4.78 is 43.6. The molecule has 1 aromatic heterocycles. The number of carbonyl (C=O) groups excluding carboxylic acids is 1. The molecule has 0 spiro atoms. The molecule has 0 fully saturated rings. The summed E-state index contributed by atoms with van der Waals surface area (Å²) in [7, 11) is 1.54. The van der Waals surface area contributed by atoms with Crippen LogP contribution in [0.1, 0.15) is 11.3 Å². The number of urea groups is 1. The van der Waals surface area contributed by atoms with Gasteiger partial charge in [0.25, 0.3) is 0 Å². The van der Waals surface area contributed by atoms with Crippen LogP contribution in [0.2, 0.25) is 0 Å². The number of nitrogens with zero attached hydrogens (tertiary/aromatic N) is 2. The van der Waals surface area contributed by atoms with E-state index in [2.05, 4.69) is 15.7 Å². The molecule has 0 saturated carbocycles. The van der Waals surface area contributed by atoms with Gasteiger partial charge >= 0.3 is 12.2 Å². The Morgan fingerprint density at radius 3 is 2.50 bits per heavy atom. The van der Waals surface area contributed by atoms with Crippen molar-refractivity contribution in [1.82, 2.24) is 20.4 Å². The maximum absolute atomic E-state index is 12.5. The summed E-state index contributed by atoms with van der Waals surface area (Å²) in [5.41, 5.74) is 0.364. The van der Waals surface area contributed by atoms with Crippen LogP contribution in [0.5, 0.6) is 0 Å². The van der Waals surface area contributed by atoms with Gasteiger partial charge in [0.15, 0.2) is 5.69 Å². The Bertz CT molecular complexity index is 668. The number of hydrogen-bond donors (Lipinski definition) is 2. The van der Waals surface area contributed by atoms with E-state index >= 15 is 0 Å². The van der Waals surface area contributed by atoms with Gasteiger partial charge in [-0.1, -0.05) is 12.1 Å². The number of benzene rings is 1. The predicted octanol–water partition coefficient (Wildman–Crippen LogP) is 2.34. The second kappa shape index (κ2) is 7.82. The van der Waals surface area contributed by atoms with Crippen molar-refractivity contribution in [2.45, 2.75) is 12.7 Å². The van der Waals surface area contributed by atoms with Gasteiger partial charge < -0.3 is 15.4 Å². The summed E-state index contributed by atoms with van der Waals surface area (Å²) in [6.45, 7) is 1.13. The number of hydrogen-bond acceptors (Lipinski definition) is 3. The summed E-state index contributed by atoms with van der Waals surface area (Å²) in [5.74, 6) is 0. The predicted molar refractivity (Wildman–Crippen MR) is 80.7 cm³/mol. The van der Waals surface area contributed by atoms with Gasteiger partial charge in [-0.3, -0.25) is 0 Å². The van der Waals surface area contributed by atoms with Crippen LogP contribution in [0.25, 0.3) is 5.69 Å². The smallest absolute Gasteiger partial charge is 0.383 e. The summed E-state index contributed by atoms with van der Waals surface area (Å²) in [6.07, 6.45) is -3.22. The highest BCUT2D eigenvalue weighted by Crippen LogP contribution is 2.27. The van der Waals surface area contributed by atoms with Gasteiger partial charge in [0.05, 0.1) is 12.3 Å². The van der Waals surface area contributed by atoms with Gasteiger partial charge in [-0.2, -0.15) is 18.3 Å². The summed E-state index contributed by atoms with van der Waals surface area (Å²) >= 11 is 0. The molecule has 0 bridgehead atoms. The molecular weight excluding hydrogens is 325 g/mol. The fraction of sp³-hybridized carbons (Fsp3) is 0.333. The van der Waals surface area contributed by atoms with Crippen LogP contribution < -0.4 is 10.6 Å². The third-order valence-electron chi connectivity index (χ3n) is 3.13. The minimum Gasteiger partial charge on any atom is -0.383 e. The zero-order valence-electron chi connectivity index (χ0n) is 12.9. The SMILES string of the molecule is COCCNC(=O)NCc1ccc(-n2ccc(C(F)(F)F)n2)cc1. The summed E-state index contributed by atoms with van der Waals surface area (Å²) in [5, 5.41) is 8.77. The van der Waals surface area contributed by atoms with E-state index in [0.717, 1.165) is 16.3 Å². The van der Waals surface area contributed by atoms with E-state index in [-0.39, 0.29) is 6.03 Å². The van der Waals surface area contributed by atoms with Gasteiger partial charge in [-0.05, 0) is 23.8 Å². The lowest BCUT2D eigenvalue weighted by Crippen LogP contribution is -2.36. The topological polar surface area (TPSA) is 68.2 Å². The third-order valence-corrected chi connectivity index (χ3v) is 3.13. The summed E-state index contributed by atoms with van der Waals surface area (Å²) in [4.78, 5) is 11.5. The highest BCUT2D eigenvalue weighted by atomic mass is 19.4. The van der Waals surface area contributed by atoms with Crippen LogP contribution in [0, 0.1) is 0 Å². The molecule has 0 aliphatic rings. The van der Waals surface area contributed by atoms with Gasteiger partial charge in [-0.15, -0.1) is 0 Å². The molecular formula is C15H17F3N4O2. The lowest BCUT2D eigenvalue weighted by molar-refractivity contribution is -0.141. The van der Waals surface area contributed by atoms with Gasteiger partial charge in [0.1, 0.15) is 0 Å². The zero-order chi connectivity index (χ0) is 17.6. The highest BCUT2D eigenvalue weighted by Gasteiger charge is 2.33. The largest absolute Gasteiger partial charge is 0.435 e. The molecule has 0 saturated heterocycles. The Hall–Kier alpha value is -2.55. The van der Waals surface area contributed by atoms with E-state index < -0.39 is 11.9 Å². The Morgan fingerprint density at radius 1 is 1.21 bits per heavy atom. The Balaban J connectivity index is 1.91. The Morgan fingerprint density at radius 2 is 1.92 bits per heavy atom. The number of methoxy groups -OCH3 is 1. The lowest BCUT2D eigenvalue weighted by atomic mass is 10.2. The van der Waals surface area contributed by atoms with Crippen molar-refractivity contribution in [3.05, 3.63) is 47.8 Å². The quantitative estimate of drug-likeness (QED) is 0.792. The third kappa shape index (κ3) is 4.98. The normalized spacial score (nSPS) is 11.3. The van der Waals surface area contributed by atoms with E-state index in [1.807, 2.05) is 0 Å². The van der Waals surface area contributed by atoms with Crippen molar-refractivity contribution in [3.63, 3.8) is 0 Å². The van der Waals surface area contributed by atoms with E-state index in [9.17, 15) is 18.0 Å². The first-order valence-corrected chi connectivity index (χ1v) is 7.13. The first-order valence-electron chi connectivity index (χ1n) is 7.13. The van der Waals surface area contributed by atoms with Crippen molar-refractivity contribution in [2.24, 2.45) is 0 Å². The average Bonchev–Trinajstić information content (AvgIpc) is 3.04. The molecule has 0 atom stereocenters. The molecule has 0 radical (unpaired) electrons. The molecule has 1 aromatic carbocycles. The van der Waals surface area contributed by atoms with Crippen LogP contribution in [0.4, 0.5) is 18.0 Å². The fourth-order valence-electron chi connectivity index (χ4n) is 1.90. The molecule has 24 heavy (non-hydrogen) atoms. The number of rotatable bonds is 6. The van der Waals surface area contributed by atoms with Crippen LogP contribution in [-0.4, -0.2) is 36.1 Å². The molecule has 2 N–H and O–H groups in total. The molecule has 9 heteroatoms. The van der Waals surface area contributed by atoms with E-state index in [0.29, 0.717) is 25.4 Å². The van der Waals surface area contributed by atoms with E-state index in [4.69, 9.17) is 4.74 Å². The van der Waals surface area contributed by atoms with Gasteiger partial charge in [-0.25, -0.2) is 9.48 Å². The molecule has 0 aliphatic heterocycles. The first kappa shape index (κ1) is 17.8. The van der Waals surface area contributed by atoms with E-state index in [1.165, 1.54) is 6.20 Å². The fourth-order valence-corrected chi connectivity index (χ4v) is 1.90. The zero-order valence-corrected chi connectivity index (χ0v) is 12.9. The molecule has 6 nitrogen and oxygen atoms in total. The second-order valence-electron chi connectivity index (χ2n) is 4.91. The van der Waals surface area contributed by atoms with E-state index in [1.54, 1.807) is 31.4 Å². The molecule has 0 unspecified atom stereocenters. The van der Waals surface area contributed by atoms with Gasteiger partial charge in [0, 0.05) is 26.4 Å². The maximum Gasteiger partial charge on any atom is 0.435 e. The van der Waals surface area contributed by atoms with Crippen LogP contribution in [0.15, 0.2) is 36.5 Å². The number of amides is 2. The van der Waals surface area contributed by atoms with Crippen molar-refractivity contribution < 1.29 is 22.7 Å². The highest BCUT2D eigenvalue weighted by molar-refractivity contribution is 5.73. The van der Waals surface area contributed by atoms with Crippen molar-refractivity contribution in [1.29, 1.82) is 0 Å². The number of nitrogens with one attached hydrogen (secondary N) is 2. The standard InChI is InChI=1S/C15H17F3N4O2/c1-24-9-7-19-14(23)20-10-11-2-4-12(5-3-11)22-8-6-13(21-22)15(16,17)18/h2-6,8H,7,9-10H2,1H3,(H2,19,20,23). The molecule has 130 valence electrons. The second-order valence-corrected chi connectivity index (χ2v) is 4.91. The number of alkyl halides is 3. The number of aromatic nitrogens is 2. The van der Waals surface area contributed by atoms with Crippen LogP contribution in [-0.2, 0) is 17.5 Å². The monoisotopic (exact) mass is 342 g/mol. The average molecular weight is 342 g/mol. The molecule has 2 rings (SSSR count). The molecule has 0 aliphatic carbocycles. The molecule has 2 aromatic rings. The Labute approximate surface area is 136 Å². The minimum atomic E-state index is -4.47. The van der Waals surface area contributed by atoms with Crippen molar-refractivity contribution >= 4 is 6.03 Å². The first-order chi connectivity index (χ1) is 11.4. The Kier molecular flexibility index (Phi) is 5.80. The molecule has 1 heterocycles. The minimum absolute atomic E-state index is 0.298. The molecule has 2 amide bonds. The lowest BCUT2D eigenvalue weighted by Gasteiger charge is -2.08. The maximum atomic E-state index is 12.5. The van der Waals surface area contributed by atoms with Crippen LogP contribution in [0.3, 0.4) is 0 Å². The van der Waals surface area contributed by atoms with Crippen molar-refractivity contribution in [2.75, 3.05) is 20.3 Å². The van der Waals surface area contributed by atoms with Crippen LogP contribution >= 0.6 is 0 Å². The number of halogens is 3.